The second kappa shape index (κ2) is 17.6. The van der Waals surface area contributed by atoms with E-state index in [1.807, 2.05) is 4.57 Å². The van der Waals surface area contributed by atoms with Crippen molar-refractivity contribution in [1.82, 2.24) is 14.9 Å². The molecular formula is C24H41BrN4O4. The van der Waals surface area contributed by atoms with Crippen LogP contribution in [-0.4, -0.2) is 49.0 Å². The van der Waals surface area contributed by atoms with Gasteiger partial charge in [0.15, 0.2) is 16.2 Å². The van der Waals surface area contributed by atoms with Crippen LogP contribution in [0.4, 0.5) is 5.82 Å². The number of amides is 2. The van der Waals surface area contributed by atoms with Gasteiger partial charge < -0.3 is 19.5 Å². The molecule has 0 unspecified atom stereocenters. The van der Waals surface area contributed by atoms with Gasteiger partial charge in [0.05, 0.1) is 7.11 Å². The van der Waals surface area contributed by atoms with E-state index in [-0.39, 0.29) is 11.9 Å². The van der Waals surface area contributed by atoms with Crippen molar-refractivity contribution in [3.05, 3.63) is 10.4 Å². The van der Waals surface area contributed by atoms with Crippen LogP contribution in [0.25, 0.3) is 0 Å². The van der Waals surface area contributed by atoms with Crippen LogP contribution in [-0.2, 0) is 20.9 Å². The zero-order chi connectivity index (χ0) is 24.5. The van der Waals surface area contributed by atoms with Crippen molar-refractivity contribution in [1.29, 1.82) is 0 Å². The Balaban J connectivity index is 2.12. The molecule has 1 N–H and O–H groups in total. The summed E-state index contributed by atoms with van der Waals surface area (Å²) in [7, 11) is 4.61. The summed E-state index contributed by atoms with van der Waals surface area (Å²) < 4.78 is 7.05. The second-order valence-electron chi connectivity index (χ2n) is 8.42. The van der Waals surface area contributed by atoms with Crippen LogP contribution in [0, 0.1) is 0 Å². The number of unbranched alkanes of at least 4 members (excludes halogenated alkanes) is 12. The lowest BCUT2D eigenvalue weighted by atomic mass is 10.0. The summed E-state index contributed by atoms with van der Waals surface area (Å²) in [6.45, 7) is 0.683. The van der Waals surface area contributed by atoms with E-state index >= 15 is 0 Å². The van der Waals surface area contributed by atoms with Crippen molar-refractivity contribution < 1.29 is 19.1 Å². The number of carbonyl (C=O) groups is 3. The molecule has 1 heterocycles. The molecule has 0 fully saturated rings. The average Bonchev–Trinajstić information content (AvgIpc) is 3.16. The topological polar surface area (TPSA) is 93.5 Å². The maximum absolute atomic E-state index is 12.3. The number of hydrogen-bond donors (Lipinski definition) is 1. The van der Waals surface area contributed by atoms with Crippen LogP contribution in [0.5, 0.6) is 0 Å². The highest BCUT2D eigenvalue weighted by molar-refractivity contribution is 9.10. The van der Waals surface area contributed by atoms with Crippen molar-refractivity contribution in [2.45, 2.75) is 96.4 Å². The molecule has 9 heteroatoms. The van der Waals surface area contributed by atoms with E-state index in [4.69, 9.17) is 0 Å². The highest BCUT2D eigenvalue weighted by atomic mass is 79.9. The SMILES string of the molecule is CNC(=O)c1c(N(C)C=O)nc(Br)n1CCCCCCCCCCCCCCCC(=O)OC. The Hall–Kier alpha value is -1.90. The van der Waals surface area contributed by atoms with E-state index in [0.29, 0.717) is 35.6 Å². The zero-order valence-corrected chi connectivity index (χ0v) is 22.1. The summed E-state index contributed by atoms with van der Waals surface area (Å²) >= 11 is 3.42. The van der Waals surface area contributed by atoms with Gasteiger partial charge in [0.2, 0.25) is 6.41 Å². The Morgan fingerprint density at radius 3 is 1.91 bits per heavy atom. The van der Waals surface area contributed by atoms with Crippen LogP contribution in [0.15, 0.2) is 4.73 Å². The summed E-state index contributed by atoms with van der Waals surface area (Å²) in [5, 5.41) is 2.63. The molecule has 0 bridgehead atoms. The predicted octanol–water partition coefficient (Wildman–Crippen LogP) is 5.23. The molecule has 0 aliphatic carbocycles. The van der Waals surface area contributed by atoms with Gasteiger partial charge >= 0.3 is 5.97 Å². The molecule has 0 atom stereocenters. The van der Waals surface area contributed by atoms with E-state index in [1.54, 1.807) is 14.1 Å². The van der Waals surface area contributed by atoms with Crippen molar-refractivity contribution >= 4 is 40.0 Å². The number of carbonyl (C=O) groups excluding carboxylic acids is 3. The molecule has 0 aromatic carbocycles. The number of nitrogens with zero attached hydrogens (tertiary/aromatic N) is 3. The minimum atomic E-state index is -0.252. The number of hydrogen-bond acceptors (Lipinski definition) is 5. The van der Waals surface area contributed by atoms with Crippen LogP contribution in [0.2, 0.25) is 0 Å². The molecule has 1 aromatic rings. The fraction of sp³-hybridized carbons (Fsp3) is 0.750. The molecule has 0 aliphatic heterocycles. The number of anilines is 1. The molecule has 0 radical (unpaired) electrons. The predicted molar refractivity (Wildman–Crippen MR) is 134 cm³/mol. The standard InChI is InChI=1S/C24H41BrN4O4/c1-26-23(32)21-22(28(2)19-30)27-24(25)29(21)18-16-14-12-10-8-6-4-5-7-9-11-13-15-17-20(31)33-3/h19H,4-18H2,1-3H3,(H,26,32). The van der Waals surface area contributed by atoms with Crippen molar-refractivity contribution in [3.8, 4) is 0 Å². The third-order valence-corrected chi connectivity index (χ3v) is 6.43. The normalized spacial score (nSPS) is 10.8. The molecule has 8 nitrogen and oxygen atoms in total. The first kappa shape index (κ1) is 29.1. The summed E-state index contributed by atoms with van der Waals surface area (Å²) in [6, 6.07) is 0. The van der Waals surface area contributed by atoms with Gasteiger partial charge in [0.25, 0.3) is 5.91 Å². The maximum Gasteiger partial charge on any atom is 0.305 e. The Kier molecular flexibility index (Phi) is 15.5. The Labute approximate surface area is 207 Å². The quantitative estimate of drug-likeness (QED) is 0.150. The van der Waals surface area contributed by atoms with Gasteiger partial charge in [-0.05, 0) is 28.8 Å². The third kappa shape index (κ3) is 11.2. The number of rotatable bonds is 19. The van der Waals surface area contributed by atoms with Crippen LogP contribution >= 0.6 is 15.9 Å². The number of imidazole rings is 1. The minimum Gasteiger partial charge on any atom is -0.469 e. The Morgan fingerprint density at radius 2 is 1.45 bits per heavy atom. The first-order chi connectivity index (χ1) is 16.0. The Bertz CT molecular complexity index is 724. The largest absolute Gasteiger partial charge is 0.469 e. The minimum absolute atomic E-state index is 0.102. The van der Waals surface area contributed by atoms with Gasteiger partial charge in [-0.1, -0.05) is 70.6 Å². The summed E-state index contributed by atoms with van der Waals surface area (Å²) in [5.41, 5.74) is 0.405. The van der Waals surface area contributed by atoms with Crippen molar-refractivity contribution in [3.63, 3.8) is 0 Å². The van der Waals surface area contributed by atoms with Gasteiger partial charge in [-0.25, -0.2) is 4.98 Å². The fourth-order valence-corrected chi connectivity index (χ4v) is 4.36. The lowest BCUT2D eigenvalue weighted by Crippen LogP contribution is -2.26. The zero-order valence-electron chi connectivity index (χ0n) is 20.5. The van der Waals surface area contributed by atoms with Gasteiger partial charge in [0.1, 0.15) is 0 Å². The first-order valence-corrected chi connectivity index (χ1v) is 13.0. The van der Waals surface area contributed by atoms with Crippen LogP contribution in [0.1, 0.15) is 100 Å². The molecule has 188 valence electrons. The lowest BCUT2D eigenvalue weighted by molar-refractivity contribution is -0.140. The van der Waals surface area contributed by atoms with E-state index in [2.05, 4.69) is 31.0 Å². The molecule has 1 aromatic heterocycles. The second-order valence-corrected chi connectivity index (χ2v) is 9.13. The van der Waals surface area contributed by atoms with Gasteiger partial charge in [-0.15, -0.1) is 0 Å². The summed E-state index contributed by atoms with van der Waals surface area (Å²) in [6.07, 6.45) is 16.6. The smallest absolute Gasteiger partial charge is 0.305 e. The van der Waals surface area contributed by atoms with Gasteiger partial charge in [-0.2, -0.15) is 0 Å². The van der Waals surface area contributed by atoms with E-state index in [0.717, 1.165) is 25.7 Å². The summed E-state index contributed by atoms with van der Waals surface area (Å²) in [4.78, 5) is 40.1. The van der Waals surface area contributed by atoms with Gasteiger partial charge in [-0.3, -0.25) is 14.4 Å². The molecule has 0 saturated carbocycles. The number of ether oxygens (including phenoxy) is 1. The highest BCUT2D eigenvalue weighted by Gasteiger charge is 2.23. The molecule has 0 saturated heterocycles. The van der Waals surface area contributed by atoms with Crippen LogP contribution in [0.3, 0.4) is 0 Å². The van der Waals surface area contributed by atoms with E-state index in [9.17, 15) is 14.4 Å². The number of methoxy groups -OCH3 is 1. The first-order valence-electron chi connectivity index (χ1n) is 12.2. The van der Waals surface area contributed by atoms with Crippen LogP contribution < -0.4 is 10.2 Å². The van der Waals surface area contributed by atoms with Crippen molar-refractivity contribution in [2.75, 3.05) is 26.1 Å². The number of esters is 1. The maximum atomic E-state index is 12.3. The van der Waals surface area contributed by atoms with E-state index < -0.39 is 0 Å². The number of aromatic nitrogens is 2. The molecule has 0 aliphatic rings. The molecular weight excluding hydrogens is 488 g/mol. The highest BCUT2D eigenvalue weighted by Crippen LogP contribution is 2.24. The molecule has 2 amide bonds. The van der Waals surface area contributed by atoms with Crippen molar-refractivity contribution in [2.24, 2.45) is 0 Å². The number of halogens is 1. The molecule has 33 heavy (non-hydrogen) atoms. The van der Waals surface area contributed by atoms with E-state index in [1.165, 1.54) is 69.8 Å². The average molecular weight is 530 g/mol. The molecule has 1 rings (SSSR count). The third-order valence-electron chi connectivity index (χ3n) is 5.83. The number of nitrogens with one attached hydrogen (secondary N) is 1. The van der Waals surface area contributed by atoms with Gasteiger partial charge in [0, 0.05) is 27.1 Å². The summed E-state index contributed by atoms with van der Waals surface area (Å²) in [5.74, 6) is 0.00493. The Morgan fingerprint density at radius 1 is 0.970 bits per heavy atom. The fourth-order valence-electron chi connectivity index (χ4n) is 3.84. The monoisotopic (exact) mass is 528 g/mol. The lowest BCUT2D eigenvalue weighted by Gasteiger charge is -2.12. The molecule has 0 spiro atoms.